The fraction of sp³-hybridized carbons (Fsp3) is 0.294. The highest BCUT2D eigenvalue weighted by atomic mass is 79.9. The highest BCUT2D eigenvalue weighted by molar-refractivity contribution is 9.11. The molecule has 0 bridgehead atoms. The summed E-state index contributed by atoms with van der Waals surface area (Å²) < 4.78 is 3.34. The van der Waals surface area contributed by atoms with Gasteiger partial charge in [0.25, 0.3) is 0 Å². The number of hydrogen-bond donors (Lipinski definition) is 1. The lowest BCUT2D eigenvalue weighted by Gasteiger charge is -2.23. The van der Waals surface area contributed by atoms with Gasteiger partial charge in [-0.3, -0.25) is 0 Å². The van der Waals surface area contributed by atoms with Gasteiger partial charge in [0.2, 0.25) is 0 Å². The van der Waals surface area contributed by atoms with E-state index in [0.29, 0.717) is 0 Å². The largest absolute Gasteiger partial charge is 0.306 e. The van der Waals surface area contributed by atoms with Crippen molar-refractivity contribution in [2.24, 2.45) is 0 Å². The van der Waals surface area contributed by atoms with Crippen molar-refractivity contribution in [3.05, 3.63) is 66.5 Å². The van der Waals surface area contributed by atoms with Crippen molar-refractivity contribution >= 4 is 47.8 Å². The van der Waals surface area contributed by atoms with Gasteiger partial charge in [-0.15, -0.1) is 0 Å². The third-order valence-corrected chi connectivity index (χ3v) is 5.12. The summed E-state index contributed by atoms with van der Waals surface area (Å²) in [4.78, 5) is 0. The Morgan fingerprint density at radius 3 is 2.29 bits per heavy atom. The van der Waals surface area contributed by atoms with Crippen LogP contribution in [0.3, 0.4) is 0 Å². The van der Waals surface area contributed by atoms with E-state index in [1.807, 2.05) is 0 Å². The predicted molar refractivity (Wildman–Crippen MR) is 101 cm³/mol. The Morgan fingerprint density at radius 2 is 1.62 bits per heavy atom. The van der Waals surface area contributed by atoms with Gasteiger partial charge < -0.3 is 5.32 Å². The minimum absolute atomic E-state index is 0.185. The van der Waals surface area contributed by atoms with Gasteiger partial charge in [0.1, 0.15) is 0 Å². The lowest BCUT2D eigenvalue weighted by Crippen LogP contribution is -2.24. The quantitative estimate of drug-likeness (QED) is 0.529. The SMILES string of the molecule is CCCNC(c1ccc(Br)cc1C)c1cc(Br)ccc1Br. The zero-order valence-corrected chi connectivity index (χ0v) is 16.8. The molecule has 112 valence electrons. The molecular weight excluding hydrogens is 458 g/mol. The average Bonchev–Trinajstić information content (AvgIpc) is 2.44. The molecule has 1 atom stereocenters. The molecule has 1 nitrogen and oxygen atoms in total. The van der Waals surface area contributed by atoms with E-state index >= 15 is 0 Å². The van der Waals surface area contributed by atoms with Crippen molar-refractivity contribution in [2.75, 3.05) is 6.54 Å². The fourth-order valence-electron chi connectivity index (χ4n) is 2.37. The van der Waals surface area contributed by atoms with Crippen molar-refractivity contribution in [3.8, 4) is 0 Å². The third-order valence-electron chi connectivity index (χ3n) is 3.41. The van der Waals surface area contributed by atoms with Gasteiger partial charge in [-0.05, 0) is 66.9 Å². The Balaban J connectivity index is 2.49. The molecule has 2 rings (SSSR count). The van der Waals surface area contributed by atoms with Crippen LogP contribution in [0.4, 0.5) is 0 Å². The van der Waals surface area contributed by atoms with E-state index in [0.717, 1.165) is 26.4 Å². The van der Waals surface area contributed by atoms with Gasteiger partial charge >= 0.3 is 0 Å². The molecule has 0 aromatic heterocycles. The fourth-order valence-corrected chi connectivity index (χ4v) is 3.70. The summed E-state index contributed by atoms with van der Waals surface area (Å²) >= 11 is 10.8. The normalized spacial score (nSPS) is 12.4. The van der Waals surface area contributed by atoms with Crippen molar-refractivity contribution in [2.45, 2.75) is 26.3 Å². The molecule has 0 aliphatic heterocycles. The third kappa shape index (κ3) is 4.41. The lowest BCUT2D eigenvalue weighted by atomic mass is 9.95. The smallest absolute Gasteiger partial charge is 0.0590 e. The summed E-state index contributed by atoms with van der Waals surface area (Å²) in [7, 11) is 0. The first-order valence-electron chi connectivity index (χ1n) is 6.97. The lowest BCUT2D eigenvalue weighted by molar-refractivity contribution is 0.594. The minimum Gasteiger partial charge on any atom is -0.306 e. The summed E-state index contributed by atoms with van der Waals surface area (Å²) in [5.74, 6) is 0. The molecule has 4 heteroatoms. The van der Waals surface area contributed by atoms with Gasteiger partial charge in [0.15, 0.2) is 0 Å². The van der Waals surface area contributed by atoms with Crippen molar-refractivity contribution in [1.82, 2.24) is 5.32 Å². The molecule has 0 aliphatic carbocycles. The van der Waals surface area contributed by atoms with Crippen LogP contribution in [0.5, 0.6) is 0 Å². The van der Waals surface area contributed by atoms with E-state index in [4.69, 9.17) is 0 Å². The Kier molecular flexibility index (Phi) is 6.48. The van der Waals surface area contributed by atoms with Crippen LogP contribution in [0.25, 0.3) is 0 Å². The summed E-state index contributed by atoms with van der Waals surface area (Å²) in [6, 6.07) is 13.0. The van der Waals surface area contributed by atoms with Crippen LogP contribution in [0.1, 0.15) is 36.1 Å². The van der Waals surface area contributed by atoms with Crippen LogP contribution in [0.15, 0.2) is 49.8 Å². The maximum absolute atomic E-state index is 3.69. The van der Waals surface area contributed by atoms with Crippen LogP contribution in [-0.4, -0.2) is 6.54 Å². The second-order valence-corrected chi connectivity index (χ2v) is 7.74. The Hall–Kier alpha value is -0.160. The summed E-state index contributed by atoms with van der Waals surface area (Å²) in [5, 5.41) is 3.66. The number of rotatable bonds is 5. The summed E-state index contributed by atoms with van der Waals surface area (Å²) in [5.41, 5.74) is 3.85. The highest BCUT2D eigenvalue weighted by Gasteiger charge is 2.18. The van der Waals surface area contributed by atoms with Crippen LogP contribution >= 0.6 is 47.8 Å². The zero-order valence-electron chi connectivity index (χ0n) is 12.1. The monoisotopic (exact) mass is 473 g/mol. The topological polar surface area (TPSA) is 12.0 Å². The van der Waals surface area contributed by atoms with E-state index in [9.17, 15) is 0 Å². The summed E-state index contributed by atoms with van der Waals surface area (Å²) in [6.07, 6.45) is 1.11. The first-order valence-corrected chi connectivity index (χ1v) is 9.35. The summed E-state index contributed by atoms with van der Waals surface area (Å²) in [6.45, 7) is 5.33. The molecule has 1 N–H and O–H groups in total. The van der Waals surface area contributed by atoms with Crippen LogP contribution in [0.2, 0.25) is 0 Å². The average molecular weight is 476 g/mol. The molecule has 0 saturated carbocycles. The Morgan fingerprint density at radius 1 is 0.952 bits per heavy atom. The van der Waals surface area contributed by atoms with E-state index in [-0.39, 0.29) is 6.04 Å². The van der Waals surface area contributed by atoms with Crippen LogP contribution in [-0.2, 0) is 0 Å². The molecule has 1 unspecified atom stereocenters. The number of benzene rings is 2. The van der Waals surface area contributed by atoms with Crippen molar-refractivity contribution < 1.29 is 0 Å². The predicted octanol–water partition coefficient (Wildman–Crippen LogP) is 6.37. The van der Waals surface area contributed by atoms with Crippen LogP contribution < -0.4 is 5.32 Å². The van der Waals surface area contributed by atoms with E-state index in [1.54, 1.807) is 0 Å². The molecule has 0 saturated heterocycles. The number of nitrogens with one attached hydrogen (secondary N) is 1. The molecule has 0 spiro atoms. The van der Waals surface area contributed by atoms with Gasteiger partial charge in [0, 0.05) is 13.4 Å². The minimum atomic E-state index is 0.185. The number of aryl methyl sites for hydroxylation is 1. The molecule has 0 aliphatic rings. The highest BCUT2D eigenvalue weighted by Crippen LogP contribution is 2.33. The van der Waals surface area contributed by atoms with Gasteiger partial charge in [0.05, 0.1) is 6.04 Å². The van der Waals surface area contributed by atoms with E-state index in [2.05, 4.69) is 103 Å². The van der Waals surface area contributed by atoms with E-state index in [1.165, 1.54) is 16.7 Å². The number of halogens is 3. The van der Waals surface area contributed by atoms with Gasteiger partial charge in [-0.25, -0.2) is 0 Å². The maximum Gasteiger partial charge on any atom is 0.0590 e. The van der Waals surface area contributed by atoms with Gasteiger partial charge in [-0.2, -0.15) is 0 Å². The van der Waals surface area contributed by atoms with E-state index < -0.39 is 0 Å². The van der Waals surface area contributed by atoms with Crippen LogP contribution in [0, 0.1) is 6.92 Å². The second-order valence-electron chi connectivity index (χ2n) is 5.05. The standard InChI is InChI=1S/C17H18Br3N/c1-3-8-21-17(14-6-4-12(18)9-11(14)2)15-10-13(19)5-7-16(15)20/h4-7,9-10,17,21H,3,8H2,1-2H3. The van der Waals surface area contributed by atoms with Crippen molar-refractivity contribution in [1.29, 1.82) is 0 Å². The molecule has 2 aromatic carbocycles. The first-order chi connectivity index (χ1) is 10.0. The molecular formula is C17H18Br3N. The van der Waals surface area contributed by atoms with Gasteiger partial charge in [-0.1, -0.05) is 60.8 Å². The second kappa shape index (κ2) is 7.91. The molecule has 0 radical (unpaired) electrons. The van der Waals surface area contributed by atoms with Crippen molar-refractivity contribution in [3.63, 3.8) is 0 Å². The molecule has 0 heterocycles. The molecule has 2 aromatic rings. The Labute approximate surface area is 151 Å². The molecule has 0 amide bonds. The number of hydrogen-bond acceptors (Lipinski definition) is 1. The maximum atomic E-state index is 3.69. The molecule has 0 fully saturated rings. The molecule has 21 heavy (non-hydrogen) atoms. The first kappa shape index (κ1) is 17.2. The zero-order chi connectivity index (χ0) is 15.4. The Bertz CT molecular complexity index is 625.